The normalized spacial score (nSPS) is 12.7. The molecule has 1 rings (SSSR count). The topological polar surface area (TPSA) is 57.5 Å². The molecule has 0 heterocycles. The molecule has 0 radical (unpaired) electrons. The van der Waals surface area contributed by atoms with Gasteiger partial charge in [-0.1, -0.05) is 149 Å². The second-order valence-electron chi connectivity index (χ2n) is 12.1. The molecular weight excluding hydrogens is 444 g/mol. The van der Waals surface area contributed by atoms with Gasteiger partial charge in [0.25, 0.3) is 0 Å². The lowest BCUT2D eigenvalue weighted by Gasteiger charge is -2.25. The summed E-state index contributed by atoms with van der Waals surface area (Å²) in [6, 6.07) is 4.11. The second-order valence-corrected chi connectivity index (χ2v) is 12.1. The summed E-state index contributed by atoms with van der Waals surface area (Å²) in [5, 5.41) is 20.3. The fourth-order valence-electron chi connectivity index (χ4n) is 5.33. The highest BCUT2D eigenvalue weighted by atomic mass is 16.4. The van der Waals surface area contributed by atoms with E-state index in [2.05, 4.69) is 33.8 Å². The largest absolute Gasteiger partial charge is 0.507 e. The number of hydrogen-bond donors (Lipinski definition) is 2. The van der Waals surface area contributed by atoms with E-state index in [-0.39, 0.29) is 17.8 Å². The van der Waals surface area contributed by atoms with Crippen molar-refractivity contribution in [1.29, 1.82) is 0 Å². The maximum absolute atomic E-state index is 11.6. The van der Waals surface area contributed by atoms with Gasteiger partial charge in [-0.25, -0.2) is 0 Å². The Morgan fingerprint density at radius 3 is 1.58 bits per heavy atom. The molecule has 0 bridgehead atoms. The molecule has 2 N–H and O–H groups in total. The summed E-state index contributed by atoms with van der Waals surface area (Å²) in [4.78, 5) is 11.6. The average Bonchev–Trinajstić information content (AvgIpc) is 2.82. The summed E-state index contributed by atoms with van der Waals surface area (Å²) in [5.41, 5.74) is 2.77. The molecule has 3 nitrogen and oxygen atoms in total. The van der Waals surface area contributed by atoms with E-state index in [4.69, 9.17) is 0 Å². The van der Waals surface area contributed by atoms with Gasteiger partial charge in [0.15, 0.2) is 0 Å². The maximum atomic E-state index is 11.6. The first-order valence-electron chi connectivity index (χ1n) is 15.3. The summed E-state index contributed by atoms with van der Waals surface area (Å²) >= 11 is 0. The third-order valence-corrected chi connectivity index (χ3v) is 7.70. The van der Waals surface area contributed by atoms with E-state index < -0.39 is 5.97 Å². The summed E-state index contributed by atoms with van der Waals surface area (Å²) < 4.78 is 0. The predicted octanol–water partition coefficient (Wildman–Crippen LogP) is 10.5. The molecule has 36 heavy (non-hydrogen) atoms. The van der Waals surface area contributed by atoms with Crippen LogP contribution in [0, 0.1) is 0 Å². The quantitative estimate of drug-likeness (QED) is 0.164. The standard InChI is InChI=1S/C33H58O3/c1-6-8-9-10-11-12-13-14-15-16-17-18-19-20-21-22-23-28(26-31(34)35)29-24-27(7-2)32(36)30(25-29)33(3,4)5/h24-25,28,36H,6-23,26H2,1-5H3,(H,34,35). The molecule has 0 saturated carbocycles. The molecular formula is C33H58O3. The average molecular weight is 503 g/mol. The first kappa shape index (κ1) is 32.5. The highest BCUT2D eigenvalue weighted by Gasteiger charge is 2.24. The number of aliphatic carboxylic acids is 1. The Hall–Kier alpha value is -1.51. The summed E-state index contributed by atoms with van der Waals surface area (Å²) in [5.74, 6) is -0.341. The Morgan fingerprint density at radius 2 is 1.19 bits per heavy atom. The zero-order chi connectivity index (χ0) is 26.8. The minimum atomic E-state index is -0.736. The molecule has 1 aromatic rings. The van der Waals surface area contributed by atoms with Gasteiger partial charge in [0.2, 0.25) is 0 Å². The zero-order valence-electron chi connectivity index (χ0n) is 24.5. The van der Waals surface area contributed by atoms with Gasteiger partial charge in [-0.2, -0.15) is 0 Å². The number of hydrogen-bond acceptors (Lipinski definition) is 2. The van der Waals surface area contributed by atoms with Crippen molar-refractivity contribution in [3.63, 3.8) is 0 Å². The van der Waals surface area contributed by atoms with Crippen molar-refractivity contribution in [1.82, 2.24) is 0 Å². The van der Waals surface area contributed by atoms with E-state index in [0.717, 1.165) is 36.0 Å². The number of carboxylic acid groups (broad SMARTS) is 1. The number of aromatic hydroxyl groups is 1. The van der Waals surface area contributed by atoms with Gasteiger partial charge in [-0.3, -0.25) is 4.79 Å². The molecule has 0 fully saturated rings. The van der Waals surface area contributed by atoms with Crippen LogP contribution in [0.2, 0.25) is 0 Å². The van der Waals surface area contributed by atoms with E-state index in [1.54, 1.807) is 0 Å². The fraction of sp³-hybridized carbons (Fsp3) is 0.788. The van der Waals surface area contributed by atoms with Crippen LogP contribution >= 0.6 is 0 Å². The van der Waals surface area contributed by atoms with Gasteiger partial charge in [0, 0.05) is 0 Å². The summed E-state index contributed by atoms with van der Waals surface area (Å²) in [7, 11) is 0. The zero-order valence-corrected chi connectivity index (χ0v) is 24.5. The van der Waals surface area contributed by atoms with Crippen LogP contribution in [0.5, 0.6) is 5.75 Å². The Morgan fingerprint density at radius 1 is 0.750 bits per heavy atom. The molecule has 0 amide bonds. The third-order valence-electron chi connectivity index (χ3n) is 7.70. The number of benzene rings is 1. The molecule has 1 aromatic carbocycles. The van der Waals surface area contributed by atoms with Crippen molar-refractivity contribution in [3.05, 3.63) is 28.8 Å². The van der Waals surface area contributed by atoms with Gasteiger partial charge in [0.1, 0.15) is 5.75 Å². The molecule has 0 saturated heterocycles. The van der Waals surface area contributed by atoms with Gasteiger partial charge < -0.3 is 10.2 Å². The Bertz CT molecular complexity index is 716. The number of unbranched alkanes of at least 4 members (excludes halogenated alkanes) is 15. The van der Waals surface area contributed by atoms with E-state index in [0.29, 0.717) is 5.75 Å². The maximum Gasteiger partial charge on any atom is 0.303 e. The minimum absolute atomic E-state index is 0.0149. The van der Waals surface area contributed by atoms with Crippen molar-refractivity contribution >= 4 is 5.97 Å². The van der Waals surface area contributed by atoms with Crippen LogP contribution in [0.1, 0.15) is 173 Å². The van der Waals surface area contributed by atoms with Crippen LogP contribution in [0.4, 0.5) is 0 Å². The van der Waals surface area contributed by atoms with Gasteiger partial charge >= 0.3 is 5.97 Å². The first-order valence-corrected chi connectivity index (χ1v) is 15.3. The molecule has 0 aliphatic rings. The highest BCUT2D eigenvalue weighted by Crippen LogP contribution is 2.38. The van der Waals surface area contributed by atoms with Crippen molar-refractivity contribution in [3.8, 4) is 5.75 Å². The first-order chi connectivity index (χ1) is 17.2. The lowest BCUT2D eigenvalue weighted by atomic mass is 9.80. The SMILES string of the molecule is CCCCCCCCCCCCCCCCCCC(CC(=O)O)c1cc(CC)c(O)c(C(C)(C)C)c1. The monoisotopic (exact) mass is 502 g/mol. The lowest BCUT2D eigenvalue weighted by molar-refractivity contribution is -0.137. The molecule has 1 atom stereocenters. The summed E-state index contributed by atoms with van der Waals surface area (Å²) in [6.45, 7) is 10.6. The molecule has 0 aromatic heterocycles. The van der Waals surface area contributed by atoms with Crippen LogP contribution < -0.4 is 0 Å². The Balaban J connectivity index is 2.32. The van der Waals surface area contributed by atoms with Crippen LogP contribution in [0.15, 0.2) is 12.1 Å². The van der Waals surface area contributed by atoms with Crippen molar-refractivity contribution in [2.75, 3.05) is 0 Å². The van der Waals surface area contributed by atoms with Crippen LogP contribution in [0.3, 0.4) is 0 Å². The molecule has 0 aliphatic carbocycles. The van der Waals surface area contributed by atoms with E-state index in [1.165, 1.54) is 96.3 Å². The molecule has 3 heteroatoms. The van der Waals surface area contributed by atoms with Crippen LogP contribution in [-0.2, 0) is 16.6 Å². The third kappa shape index (κ3) is 13.7. The molecule has 208 valence electrons. The fourth-order valence-corrected chi connectivity index (χ4v) is 5.33. The molecule has 1 unspecified atom stereocenters. The van der Waals surface area contributed by atoms with Crippen LogP contribution in [-0.4, -0.2) is 16.2 Å². The van der Waals surface area contributed by atoms with Gasteiger partial charge in [-0.15, -0.1) is 0 Å². The smallest absolute Gasteiger partial charge is 0.303 e. The Labute approximate surface area is 223 Å². The minimum Gasteiger partial charge on any atom is -0.507 e. The number of phenols is 1. The van der Waals surface area contributed by atoms with Crippen LogP contribution in [0.25, 0.3) is 0 Å². The van der Waals surface area contributed by atoms with Gasteiger partial charge in [0.05, 0.1) is 6.42 Å². The molecule has 0 spiro atoms. The predicted molar refractivity (Wildman–Crippen MR) is 155 cm³/mol. The number of carboxylic acids is 1. The highest BCUT2D eigenvalue weighted by molar-refractivity contribution is 5.68. The summed E-state index contributed by atoms with van der Waals surface area (Å²) in [6.07, 6.45) is 23.4. The number of phenolic OH excluding ortho intramolecular Hbond substituents is 1. The van der Waals surface area contributed by atoms with E-state index in [1.807, 2.05) is 13.0 Å². The van der Waals surface area contributed by atoms with E-state index >= 15 is 0 Å². The number of rotatable bonds is 21. The van der Waals surface area contributed by atoms with Crippen molar-refractivity contribution in [2.24, 2.45) is 0 Å². The lowest BCUT2D eigenvalue weighted by Crippen LogP contribution is -2.14. The van der Waals surface area contributed by atoms with Crippen molar-refractivity contribution < 1.29 is 15.0 Å². The molecule has 0 aliphatic heterocycles. The van der Waals surface area contributed by atoms with Crippen molar-refractivity contribution in [2.45, 2.75) is 168 Å². The Kier molecular flexibility index (Phi) is 16.9. The van der Waals surface area contributed by atoms with E-state index in [9.17, 15) is 15.0 Å². The van der Waals surface area contributed by atoms with Gasteiger partial charge in [-0.05, 0) is 40.9 Å². The number of carbonyl (C=O) groups is 1. The second kappa shape index (κ2) is 18.7. The number of aryl methyl sites for hydroxylation is 1.